The molecule has 0 aliphatic rings. The van der Waals surface area contributed by atoms with E-state index in [1.807, 2.05) is 6.08 Å². The lowest BCUT2D eigenvalue weighted by Gasteiger charge is -2.02. The van der Waals surface area contributed by atoms with E-state index in [0.29, 0.717) is 6.42 Å². The molecule has 2 heteroatoms. The van der Waals surface area contributed by atoms with Crippen molar-refractivity contribution in [1.82, 2.24) is 0 Å². The minimum atomic E-state index is -0.892. The van der Waals surface area contributed by atoms with Crippen LogP contribution >= 0.6 is 0 Å². The van der Waals surface area contributed by atoms with Gasteiger partial charge >= 0.3 is 5.97 Å². The van der Waals surface area contributed by atoms with E-state index in [2.05, 4.69) is 19.6 Å². The predicted octanol–water partition coefficient (Wildman–Crippen LogP) is 7.44. The van der Waals surface area contributed by atoms with E-state index in [9.17, 15) is 4.79 Å². The van der Waals surface area contributed by atoms with Crippen LogP contribution in [0.25, 0.3) is 0 Å². The third-order valence-corrected chi connectivity index (χ3v) is 4.56. The van der Waals surface area contributed by atoms with E-state index in [1.54, 1.807) is 0 Å². The van der Waals surface area contributed by atoms with Gasteiger partial charge in [-0.2, -0.15) is 0 Å². The van der Waals surface area contributed by atoms with E-state index < -0.39 is 5.97 Å². The van der Waals surface area contributed by atoms with E-state index in [4.69, 9.17) is 5.11 Å². The Hall–Kier alpha value is -1.05. The first-order valence-corrected chi connectivity index (χ1v) is 10.2. The standard InChI is InChI=1S/C22H40O2/c1-3-4-5-6-7-8-9-10-11-12-13-14-15-16-17-18-19-20-21(2)22(23)24/h18-19H,2-17,20H2,1H3,(H,23,24). The molecule has 0 amide bonds. The highest BCUT2D eigenvalue weighted by Gasteiger charge is 1.99. The minimum absolute atomic E-state index is 0.271. The number of hydrogen-bond donors (Lipinski definition) is 1. The van der Waals surface area contributed by atoms with Gasteiger partial charge < -0.3 is 5.11 Å². The fraction of sp³-hybridized carbons (Fsp3) is 0.773. The topological polar surface area (TPSA) is 37.3 Å². The van der Waals surface area contributed by atoms with Gasteiger partial charge in [-0.15, -0.1) is 0 Å². The smallest absolute Gasteiger partial charge is 0.331 e. The Morgan fingerprint density at radius 1 is 0.750 bits per heavy atom. The Labute approximate surface area is 150 Å². The van der Waals surface area contributed by atoms with Crippen molar-refractivity contribution >= 4 is 5.97 Å². The molecule has 0 unspecified atom stereocenters. The van der Waals surface area contributed by atoms with Crippen LogP contribution in [0.2, 0.25) is 0 Å². The molecule has 140 valence electrons. The van der Waals surface area contributed by atoms with Gasteiger partial charge in [0.25, 0.3) is 0 Å². The van der Waals surface area contributed by atoms with E-state index in [0.717, 1.165) is 6.42 Å². The lowest BCUT2D eigenvalue weighted by Crippen LogP contribution is -1.96. The summed E-state index contributed by atoms with van der Waals surface area (Å²) < 4.78 is 0. The molecule has 0 fully saturated rings. The predicted molar refractivity (Wildman–Crippen MR) is 105 cm³/mol. The SMILES string of the molecule is C=C(CC=CCCCCCCCCCCCCCCCC)C(=O)O. The van der Waals surface area contributed by atoms with Crippen LogP contribution in [0.1, 0.15) is 110 Å². The number of rotatable bonds is 18. The van der Waals surface area contributed by atoms with Gasteiger partial charge in [-0.1, -0.05) is 109 Å². The summed E-state index contributed by atoms with van der Waals surface area (Å²) in [6, 6.07) is 0. The molecule has 0 radical (unpaired) electrons. The van der Waals surface area contributed by atoms with Gasteiger partial charge in [-0.3, -0.25) is 0 Å². The van der Waals surface area contributed by atoms with Gasteiger partial charge in [-0.25, -0.2) is 4.79 Å². The molecule has 0 bridgehead atoms. The fourth-order valence-electron chi connectivity index (χ4n) is 2.89. The Morgan fingerprint density at radius 2 is 1.17 bits per heavy atom. The normalized spacial score (nSPS) is 11.2. The number of carboxylic acids is 1. The third-order valence-electron chi connectivity index (χ3n) is 4.56. The molecule has 0 aliphatic heterocycles. The van der Waals surface area contributed by atoms with Crippen LogP contribution in [0.15, 0.2) is 24.3 Å². The van der Waals surface area contributed by atoms with Crippen molar-refractivity contribution in [2.45, 2.75) is 110 Å². The van der Waals surface area contributed by atoms with E-state index in [-0.39, 0.29) is 5.57 Å². The van der Waals surface area contributed by atoms with Crippen LogP contribution in [0.3, 0.4) is 0 Å². The average molecular weight is 337 g/mol. The van der Waals surface area contributed by atoms with Gasteiger partial charge in [0.1, 0.15) is 0 Å². The van der Waals surface area contributed by atoms with Crippen molar-refractivity contribution in [3.63, 3.8) is 0 Å². The molecular formula is C22H40O2. The molecule has 0 rings (SSSR count). The monoisotopic (exact) mass is 336 g/mol. The van der Waals surface area contributed by atoms with Crippen LogP contribution in [-0.2, 0) is 4.79 Å². The minimum Gasteiger partial charge on any atom is -0.478 e. The number of unbranched alkanes of at least 4 members (excludes halogenated alkanes) is 14. The van der Waals surface area contributed by atoms with Crippen molar-refractivity contribution in [2.75, 3.05) is 0 Å². The molecule has 0 saturated heterocycles. The first-order valence-electron chi connectivity index (χ1n) is 10.2. The second-order valence-corrected chi connectivity index (χ2v) is 6.97. The Kier molecular flexibility index (Phi) is 17.5. The first kappa shape index (κ1) is 22.9. The summed E-state index contributed by atoms with van der Waals surface area (Å²) >= 11 is 0. The van der Waals surface area contributed by atoms with E-state index >= 15 is 0 Å². The molecule has 0 heterocycles. The van der Waals surface area contributed by atoms with Gasteiger partial charge in [0.05, 0.1) is 0 Å². The highest BCUT2D eigenvalue weighted by molar-refractivity contribution is 5.85. The Balaban J connectivity index is 3.14. The summed E-state index contributed by atoms with van der Waals surface area (Å²) in [6.07, 6.45) is 24.9. The number of hydrogen-bond acceptors (Lipinski definition) is 1. The van der Waals surface area contributed by atoms with Crippen molar-refractivity contribution in [1.29, 1.82) is 0 Å². The van der Waals surface area contributed by atoms with Crippen molar-refractivity contribution in [2.24, 2.45) is 0 Å². The van der Waals surface area contributed by atoms with Crippen LogP contribution in [0.5, 0.6) is 0 Å². The molecule has 0 aromatic rings. The van der Waals surface area contributed by atoms with Gasteiger partial charge in [0.2, 0.25) is 0 Å². The lowest BCUT2D eigenvalue weighted by atomic mass is 10.0. The maximum Gasteiger partial charge on any atom is 0.331 e. The molecule has 2 nitrogen and oxygen atoms in total. The van der Waals surface area contributed by atoms with Crippen LogP contribution in [-0.4, -0.2) is 11.1 Å². The first-order chi connectivity index (χ1) is 11.7. The molecule has 1 N–H and O–H groups in total. The van der Waals surface area contributed by atoms with Gasteiger partial charge in [-0.05, 0) is 19.3 Å². The number of aliphatic carboxylic acids is 1. The van der Waals surface area contributed by atoms with Crippen LogP contribution in [0, 0.1) is 0 Å². The lowest BCUT2D eigenvalue weighted by molar-refractivity contribution is -0.132. The summed E-state index contributed by atoms with van der Waals surface area (Å²) in [4.78, 5) is 10.6. The molecule has 0 aromatic carbocycles. The molecule has 24 heavy (non-hydrogen) atoms. The summed E-state index contributed by atoms with van der Waals surface area (Å²) in [6.45, 7) is 5.79. The molecular weight excluding hydrogens is 296 g/mol. The van der Waals surface area contributed by atoms with Crippen LogP contribution in [0.4, 0.5) is 0 Å². The molecule has 0 aromatic heterocycles. The zero-order valence-electron chi connectivity index (χ0n) is 16.0. The Bertz CT molecular complexity index is 331. The van der Waals surface area contributed by atoms with Crippen LogP contribution < -0.4 is 0 Å². The van der Waals surface area contributed by atoms with Crippen molar-refractivity contribution in [3.05, 3.63) is 24.3 Å². The fourth-order valence-corrected chi connectivity index (χ4v) is 2.89. The average Bonchev–Trinajstić information content (AvgIpc) is 2.57. The highest BCUT2D eigenvalue weighted by Crippen LogP contribution is 2.13. The zero-order chi connectivity index (χ0) is 17.9. The quantitative estimate of drug-likeness (QED) is 0.160. The Morgan fingerprint density at radius 3 is 1.58 bits per heavy atom. The van der Waals surface area contributed by atoms with Crippen molar-refractivity contribution < 1.29 is 9.90 Å². The number of carboxylic acid groups (broad SMARTS) is 1. The molecule has 0 saturated carbocycles. The summed E-state index contributed by atoms with van der Waals surface area (Å²) in [7, 11) is 0. The van der Waals surface area contributed by atoms with Crippen molar-refractivity contribution in [3.8, 4) is 0 Å². The largest absolute Gasteiger partial charge is 0.478 e. The number of allylic oxidation sites excluding steroid dienone is 2. The third kappa shape index (κ3) is 17.3. The summed E-state index contributed by atoms with van der Waals surface area (Å²) in [5.74, 6) is -0.892. The maximum absolute atomic E-state index is 10.6. The van der Waals surface area contributed by atoms with Gasteiger partial charge in [0.15, 0.2) is 0 Å². The number of carbonyl (C=O) groups is 1. The summed E-state index contributed by atoms with van der Waals surface area (Å²) in [5.41, 5.74) is 0.271. The molecule has 0 aliphatic carbocycles. The molecule has 0 spiro atoms. The maximum atomic E-state index is 10.6. The second kappa shape index (κ2) is 18.3. The summed E-state index contributed by atoms with van der Waals surface area (Å²) in [5, 5.41) is 8.68. The van der Waals surface area contributed by atoms with Gasteiger partial charge in [0, 0.05) is 5.57 Å². The zero-order valence-corrected chi connectivity index (χ0v) is 16.0. The second-order valence-electron chi connectivity index (χ2n) is 6.97. The van der Waals surface area contributed by atoms with E-state index in [1.165, 1.54) is 89.9 Å². The highest BCUT2D eigenvalue weighted by atomic mass is 16.4. The molecule has 0 atom stereocenters.